The minimum Gasteiger partial charge on any atom is -0.486 e. The molecule has 5 rings (SSSR count). The molecule has 3 saturated heterocycles. The number of hydrogen-bond acceptors (Lipinski definition) is 3. The van der Waals surface area contributed by atoms with E-state index in [1.807, 2.05) is 19.9 Å². The highest BCUT2D eigenvalue weighted by atomic mass is 35.5. The summed E-state index contributed by atoms with van der Waals surface area (Å²) in [4.78, 5) is 15.3. The summed E-state index contributed by atoms with van der Waals surface area (Å²) in [6, 6.07) is 3.89. The van der Waals surface area contributed by atoms with Gasteiger partial charge in [-0.15, -0.1) is 0 Å². The average molecular weight is 335 g/mol. The fourth-order valence-electron chi connectivity index (χ4n) is 4.22. The van der Waals surface area contributed by atoms with Crippen molar-refractivity contribution >= 4 is 17.5 Å². The maximum atomic E-state index is 12.8. The molecule has 1 aromatic carbocycles. The number of halogens is 1. The molecule has 124 valence electrons. The lowest BCUT2D eigenvalue weighted by Gasteiger charge is -2.44. The van der Waals surface area contributed by atoms with Crippen molar-refractivity contribution in [2.45, 2.75) is 44.8 Å². The molecule has 1 atom stereocenters. The Morgan fingerprint density at radius 2 is 2.09 bits per heavy atom. The summed E-state index contributed by atoms with van der Waals surface area (Å²) in [5, 5.41) is 3.83. The number of rotatable bonds is 2. The summed E-state index contributed by atoms with van der Waals surface area (Å²) in [7, 11) is 0. The first kappa shape index (κ1) is 15.3. The van der Waals surface area contributed by atoms with E-state index in [1.54, 1.807) is 6.07 Å². The van der Waals surface area contributed by atoms with Gasteiger partial charge in [0.25, 0.3) is 5.91 Å². The molecular weight excluding hydrogens is 312 g/mol. The van der Waals surface area contributed by atoms with Crippen LogP contribution in [0.25, 0.3) is 0 Å². The van der Waals surface area contributed by atoms with E-state index in [0.717, 1.165) is 18.5 Å². The zero-order chi connectivity index (χ0) is 16.2. The van der Waals surface area contributed by atoms with Crippen LogP contribution in [0, 0.1) is 5.92 Å². The number of hydrogen-bond donors (Lipinski definition) is 1. The quantitative estimate of drug-likeness (QED) is 0.904. The zero-order valence-corrected chi connectivity index (χ0v) is 14.4. The van der Waals surface area contributed by atoms with Crippen LogP contribution in [-0.4, -0.2) is 42.1 Å². The van der Waals surface area contributed by atoms with Crippen LogP contribution in [0.4, 0.5) is 0 Å². The molecule has 0 radical (unpaired) electrons. The minimum atomic E-state index is -0.280. The number of nitrogens with one attached hydrogen (secondary N) is 1. The van der Waals surface area contributed by atoms with Gasteiger partial charge in [-0.1, -0.05) is 11.6 Å². The second-order valence-electron chi connectivity index (χ2n) is 7.70. The van der Waals surface area contributed by atoms with Crippen LogP contribution in [0.2, 0.25) is 5.02 Å². The second kappa shape index (κ2) is 5.38. The van der Waals surface area contributed by atoms with Crippen LogP contribution in [0.1, 0.15) is 42.6 Å². The molecule has 4 heterocycles. The predicted octanol–water partition coefficient (Wildman–Crippen LogP) is 2.88. The van der Waals surface area contributed by atoms with E-state index in [-0.39, 0.29) is 17.6 Å². The van der Waals surface area contributed by atoms with Crippen molar-refractivity contribution in [2.24, 2.45) is 5.92 Å². The molecule has 0 aromatic heterocycles. The Hall–Kier alpha value is -1.26. The number of benzene rings is 1. The molecule has 0 unspecified atom stereocenters. The number of fused-ring (bicyclic) bond motifs is 4. The van der Waals surface area contributed by atoms with Gasteiger partial charge in [-0.2, -0.15) is 0 Å². The van der Waals surface area contributed by atoms with Crippen LogP contribution >= 0.6 is 11.6 Å². The summed E-state index contributed by atoms with van der Waals surface area (Å²) in [5.41, 5.74) is 1.33. The maximum Gasteiger partial charge on any atom is 0.255 e. The van der Waals surface area contributed by atoms with Crippen molar-refractivity contribution in [3.05, 3.63) is 28.3 Å². The molecule has 4 aliphatic heterocycles. The molecule has 1 aromatic rings. The van der Waals surface area contributed by atoms with Gasteiger partial charge in [0, 0.05) is 29.6 Å². The minimum absolute atomic E-state index is 0.0554. The van der Waals surface area contributed by atoms with Gasteiger partial charge in [0.2, 0.25) is 0 Å². The van der Waals surface area contributed by atoms with Gasteiger partial charge in [-0.05, 0) is 57.8 Å². The zero-order valence-electron chi connectivity index (χ0n) is 13.7. The summed E-state index contributed by atoms with van der Waals surface area (Å²) in [6.07, 6.45) is 3.15. The third kappa shape index (κ3) is 2.83. The topological polar surface area (TPSA) is 41.6 Å². The Balaban J connectivity index is 1.58. The molecule has 1 N–H and O–H groups in total. The molecule has 23 heavy (non-hydrogen) atoms. The van der Waals surface area contributed by atoms with E-state index in [2.05, 4.69) is 10.2 Å². The molecule has 1 amide bonds. The standard InChI is InChI=1S/C18H23ClN2O2/c1-18(2)9-12-7-13(19)8-14(16(12)23-18)17(22)20-15-10-21-5-3-11(15)4-6-21/h7-8,11,15H,3-6,9-10H2,1-2H3,(H,20,22)/t15-/m1/s1. The molecule has 0 saturated carbocycles. The Labute approximate surface area is 142 Å². The van der Waals surface area contributed by atoms with Gasteiger partial charge in [0.15, 0.2) is 0 Å². The maximum absolute atomic E-state index is 12.8. The highest BCUT2D eigenvalue weighted by Crippen LogP contribution is 2.39. The van der Waals surface area contributed by atoms with E-state index in [4.69, 9.17) is 16.3 Å². The van der Waals surface area contributed by atoms with E-state index < -0.39 is 0 Å². The van der Waals surface area contributed by atoms with Gasteiger partial charge in [-0.3, -0.25) is 4.79 Å². The summed E-state index contributed by atoms with van der Waals surface area (Å²) >= 11 is 6.23. The number of carbonyl (C=O) groups is 1. The molecule has 0 aliphatic carbocycles. The normalized spacial score (nSPS) is 30.7. The lowest BCUT2D eigenvalue weighted by Crippen LogP contribution is -2.57. The fourth-order valence-corrected chi connectivity index (χ4v) is 4.46. The third-order valence-corrected chi connectivity index (χ3v) is 5.56. The van der Waals surface area contributed by atoms with Gasteiger partial charge in [0.05, 0.1) is 5.56 Å². The van der Waals surface area contributed by atoms with E-state index in [1.165, 1.54) is 25.9 Å². The smallest absolute Gasteiger partial charge is 0.255 e. The van der Waals surface area contributed by atoms with Crippen LogP contribution in [0.3, 0.4) is 0 Å². The lowest BCUT2D eigenvalue weighted by atomic mass is 9.84. The van der Waals surface area contributed by atoms with E-state index in [9.17, 15) is 4.79 Å². The Morgan fingerprint density at radius 1 is 1.35 bits per heavy atom. The van der Waals surface area contributed by atoms with E-state index >= 15 is 0 Å². The van der Waals surface area contributed by atoms with Gasteiger partial charge >= 0.3 is 0 Å². The van der Waals surface area contributed by atoms with Crippen molar-refractivity contribution in [3.8, 4) is 5.75 Å². The largest absolute Gasteiger partial charge is 0.486 e. The van der Waals surface area contributed by atoms with Crippen molar-refractivity contribution in [1.29, 1.82) is 0 Å². The molecule has 4 aliphatic rings. The van der Waals surface area contributed by atoms with Crippen molar-refractivity contribution < 1.29 is 9.53 Å². The first-order valence-electron chi connectivity index (χ1n) is 8.46. The van der Waals surface area contributed by atoms with E-state index in [0.29, 0.717) is 22.3 Å². The van der Waals surface area contributed by atoms with Crippen LogP contribution < -0.4 is 10.1 Å². The second-order valence-corrected chi connectivity index (χ2v) is 8.13. The summed E-state index contributed by atoms with van der Waals surface area (Å²) in [5.74, 6) is 1.26. The SMILES string of the molecule is CC1(C)Cc2cc(Cl)cc(C(=O)N[C@@H]3CN4CCC3CC4)c2O1. The van der Waals surface area contributed by atoms with Crippen molar-refractivity contribution in [3.63, 3.8) is 0 Å². The number of piperidine rings is 3. The highest BCUT2D eigenvalue weighted by molar-refractivity contribution is 6.31. The fraction of sp³-hybridized carbons (Fsp3) is 0.611. The number of nitrogens with zero attached hydrogens (tertiary/aromatic N) is 1. The Kier molecular flexibility index (Phi) is 3.58. The van der Waals surface area contributed by atoms with Crippen LogP contribution in [0.15, 0.2) is 12.1 Å². The van der Waals surface area contributed by atoms with Crippen LogP contribution in [0.5, 0.6) is 5.75 Å². The third-order valence-electron chi connectivity index (χ3n) is 5.34. The lowest BCUT2D eigenvalue weighted by molar-refractivity contribution is 0.0616. The predicted molar refractivity (Wildman–Crippen MR) is 90.3 cm³/mol. The number of carbonyl (C=O) groups excluding carboxylic acids is 1. The average Bonchev–Trinajstić information content (AvgIpc) is 2.81. The van der Waals surface area contributed by atoms with Crippen molar-refractivity contribution in [1.82, 2.24) is 10.2 Å². The Bertz CT molecular complexity index is 651. The molecule has 0 spiro atoms. The summed E-state index contributed by atoms with van der Waals surface area (Å²) in [6.45, 7) is 7.37. The van der Waals surface area contributed by atoms with Gasteiger partial charge in [-0.25, -0.2) is 0 Å². The van der Waals surface area contributed by atoms with Crippen molar-refractivity contribution in [2.75, 3.05) is 19.6 Å². The highest BCUT2D eigenvalue weighted by Gasteiger charge is 2.37. The molecule has 4 nitrogen and oxygen atoms in total. The number of ether oxygens (including phenoxy) is 1. The first-order chi connectivity index (χ1) is 10.9. The Morgan fingerprint density at radius 3 is 2.74 bits per heavy atom. The molecule has 3 fully saturated rings. The number of amides is 1. The summed E-state index contributed by atoms with van der Waals surface area (Å²) < 4.78 is 6.02. The van der Waals surface area contributed by atoms with Gasteiger partial charge < -0.3 is 15.0 Å². The molecule has 5 heteroatoms. The molecule has 2 bridgehead atoms. The molecular formula is C18H23ClN2O2. The monoisotopic (exact) mass is 334 g/mol. The van der Waals surface area contributed by atoms with Crippen LogP contribution in [-0.2, 0) is 6.42 Å². The van der Waals surface area contributed by atoms with Gasteiger partial charge in [0.1, 0.15) is 11.4 Å². The first-order valence-corrected chi connectivity index (χ1v) is 8.84.